The van der Waals surface area contributed by atoms with Gasteiger partial charge in [-0.25, -0.2) is 14.8 Å². The number of nitrogens with one attached hydrogen (secondary N) is 1. The van der Waals surface area contributed by atoms with Gasteiger partial charge in [0.25, 0.3) is 6.47 Å². The highest BCUT2D eigenvalue weighted by atomic mass is 16.3. The number of carboxylic acid groups (broad SMARTS) is 1. The number of imidazole rings is 1. The van der Waals surface area contributed by atoms with Crippen LogP contribution in [0.2, 0.25) is 0 Å². The summed E-state index contributed by atoms with van der Waals surface area (Å²) < 4.78 is 3.64. The van der Waals surface area contributed by atoms with Crippen LogP contribution in [0.4, 0.5) is 4.79 Å². The first kappa shape index (κ1) is 20.1. The van der Waals surface area contributed by atoms with Crippen molar-refractivity contribution in [2.24, 2.45) is 14.1 Å². The van der Waals surface area contributed by atoms with E-state index in [0.29, 0.717) is 26.1 Å². The summed E-state index contributed by atoms with van der Waals surface area (Å²) in [5.41, 5.74) is 0. The van der Waals surface area contributed by atoms with E-state index in [2.05, 4.69) is 27.3 Å². The molecule has 0 unspecified atom stereocenters. The van der Waals surface area contributed by atoms with Crippen molar-refractivity contribution in [3.8, 4) is 0 Å². The Hall–Kier alpha value is -2.91. The highest BCUT2D eigenvalue weighted by molar-refractivity contribution is 5.74. The molecular formula is C15H25N7O3. The molecule has 0 saturated carbocycles. The number of hydrogen-bond acceptors (Lipinski definition) is 5. The molecule has 10 heteroatoms. The zero-order valence-electron chi connectivity index (χ0n) is 14.8. The second kappa shape index (κ2) is 10.8. The second-order valence-corrected chi connectivity index (χ2v) is 5.26. The van der Waals surface area contributed by atoms with E-state index in [-0.39, 0.29) is 12.5 Å². The zero-order chi connectivity index (χ0) is 18.7. The number of nitrogens with zero attached hydrogens (tertiary/aromatic N) is 6. The summed E-state index contributed by atoms with van der Waals surface area (Å²) in [6.45, 7) is 3.54. The first-order chi connectivity index (χ1) is 12.0. The molecule has 2 amide bonds. The molecule has 0 aliphatic heterocycles. The molecule has 0 radical (unpaired) electrons. The average Bonchev–Trinajstić information content (AvgIpc) is 3.16. The largest absolute Gasteiger partial charge is 0.483 e. The van der Waals surface area contributed by atoms with Gasteiger partial charge < -0.3 is 19.9 Å². The van der Waals surface area contributed by atoms with Gasteiger partial charge in [0, 0.05) is 46.0 Å². The van der Waals surface area contributed by atoms with Gasteiger partial charge in [-0.3, -0.25) is 9.48 Å². The quantitative estimate of drug-likeness (QED) is 0.698. The van der Waals surface area contributed by atoms with Crippen molar-refractivity contribution in [3.63, 3.8) is 0 Å². The topological polar surface area (TPSA) is 118 Å². The lowest BCUT2D eigenvalue weighted by Crippen LogP contribution is -2.41. The molecule has 25 heavy (non-hydrogen) atoms. The van der Waals surface area contributed by atoms with E-state index in [1.54, 1.807) is 15.8 Å². The van der Waals surface area contributed by atoms with Crippen molar-refractivity contribution in [1.82, 2.24) is 34.5 Å². The molecule has 2 heterocycles. The summed E-state index contributed by atoms with van der Waals surface area (Å²) in [7, 11) is 3.77. The van der Waals surface area contributed by atoms with E-state index in [0.717, 1.165) is 18.1 Å². The molecule has 0 aromatic carbocycles. The van der Waals surface area contributed by atoms with E-state index < -0.39 is 0 Å². The van der Waals surface area contributed by atoms with Gasteiger partial charge in [-0.05, 0) is 6.42 Å². The van der Waals surface area contributed by atoms with Crippen LogP contribution < -0.4 is 5.32 Å². The molecule has 138 valence electrons. The summed E-state index contributed by atoms with van der Waals surface area (Å²) in [6.07, 6.45) is 6.70. The van der Waals surface area contributed by atoms with Gasteiger partial charge in [0.1, 0.15) is 18.0 Å². The van der Waals surface area contributed by atoms with Crippen molar-refractivity contribution in [2.45, 2.75) is 26.3 Å². The Morgan fingerprint density at radius 2 is 2.08 bits per heavy atom. The maximum atomic E-state index is 12.3. The number of amides is 2. The Balaban J connectivity index is 0.000000970. The fourth-order valence-electron chi connectivity index (χ4n) is 2.18. The third-order valence-electron chi connectivity index (χ3n) is 3.46. The Labute approximate surface area is 146 Å². The highest BCUT2D eigenvalue weighted by Gasteiger charge is 2.15. The lowest BCUT2D eigenvalue weighted by Gasteiger charge is -2.22. The predicted molar refractivity (Wildman–Crippen MR) is 90.7 cm³/mol. The molecule has 10 nitrogen and oxygen atoms in total. The van der Waals surface area contributed by atoms with Crippen molar-refractivity contribution in [1.29, 1.82) is 0 Å². The molecule has 0 spiro atoms. The molecule has 2 aromatic rings. The Morgan fingerprint density at radius 3 is 2.60 bits per heavy atom. The number of hydrogen-bond donors (Lipinski definition) is 2. The smallest absolute Gasteiger partial charge is 0.317 e. The highest BCUT2D eigenvalue weighted by Crippen LogP contribution is 2.03. The number of rotatable bonds is 7. The number of carbonyl (C=O) groups excluding carboxylic acids is 1. The molecule has 0 fully saturated rings. The SMILES string of the molecule is CCCN(Cc1nccn1C)C(=O)NCCc1ncnn1C.O=CO. The number of urea groups is 1. The molecule has 2 rings (SSSR count). The van der Waals surface area contributed by atoms with Crippen molar-refractivity contribution in [3.05, 3.63) is 30.4 Å². The zero-order valence-corrected chi connectivity index (χ0v) is 14.8. The van der Waals surface area contributed by atoms with Crippen LogP contribution in [-0.4, -0.2) is 59.9 Å². The molecule has 0 aliphatic carbocycles. The summed E-state index contributed by atoms with van der Waals surface area (Å²) >= 11 is 0. The summed E-state index contributed by atoms with van der Waals surface area (Å²) in [4.78, 5) is 30.9. The van der Waals surface area contributed by atoms with E-state index in [1.165, 1.54) is 6.33 Å². The first-order valence-corrected chi connectivity index (χ1v) is 7.93. The van der Waals surface area contributed by atoms with Crippen molar-refractivity contribution in [2.75, 3.05) is 13.1 Å². The van der Waals surface area contributed by atoms with Crippen LogP contribution in [0.3, 0.4) is 0 Å². The van der Waals surface area contributed by atoms with Crippen LogP contribution in [0.5, 0.6) is 0 Å². The molecule has 0 atom stereocenters. The minimum absolute atomic E-state index is 0.0768. The van der Waals surface area contributed by atoms with Crippen LogP contribution in [0.15, 0.2) is 18.7 Å². The maximum Gasteiger partial charge on any atom is 0.317 e. The van der Waals surface area contributed by atoms with Crippen LogP contribution >= 0.6 is 0 Å². The monoisotopic (exact) mass is 351 g/mol. The lowest BCUT2D eigenvalue weighted by molar-refractivity contribution is -0.122. The van der Waals surface area contributed by atoms with Gasteiger partial charge >= 0.3 is 6.03 Å². The Bertz CT molecular complexity index is 653. The van der Waals surface area contributed by atoms with Crippen LogP contribution in [0.25, 0.3) is 0 Å². The van der Waals surface area contributed by atoms with E-state index in [4.69, 9.17) is 9.90 Å². The van der Waals surface area contributed by atoms with E-state index >= 15 is 0 Å². The van der Waals surface area contributed by atoms with Gasteiger partial charge in [0.15, 0.2) is 0 Å². The van der Waals surface area contributed by atoms with Gasteiger partial charge in [0.05, 0.1) is 6.54 Å². The normalized spacial score (nSPS) is 9.88. The standard InChI is InChI=1S/C14H23N7O.CH2O2/c1-4-8-21(10-13-15-7-9-19(13)2)14(22)16-6-5-12-17-11-18-20(12)3;2-1-3/h7,9,11H,4-6,8,10H2,1-3H3,(H,16,22);1H,(H,2,3). The molecule has 0 bridgehead atoms. The lowest BCUT2D eigenvalue weighted by atomic mass is 10.4. The molecule has 2 N–H and O–H groups in total. The number of carbonyl (C=O) groups is 2. The van der Waals surface area contributed by atoms with Crippen molar-refractivity contribution < 1.29 is 14.7 Å². The fraction of sp³-hybridized carbons (Fsp3) is 0.533. The van der Waals surface area contributed by atoms with E-state index in [1.807, 2.05) is 24.9 Å². The Kier molecular flexibility index (Phi) is 8.69. The van der Waals surface area contributed by atoms with E-state index in [9.17, 15) is 4.79 Å². The maximum absolute atomic E-state index is 12.3. The van der Waals surface area contributed by atoms with Gasteiger partial charge in [-0.15, -0.1) is 0 Å². The van der Waals surface area contributed by atoms with Crippen LogP contribution in [-0.2, 0) is 31.9 Å². The molecule has 0 saturated heterocycles. The van der Waals surface area contributed by atoms with Gasteiger partial charge in [0.2, 0.25) is 0 Å². The number of aromatic nitrogens is 5. The molecule has 2 aromatic heterocycles. The minimum Gasteiger partial charge on any atom is -0.483 e. The van der Waals surface area contributed by atoms with Crippen LogP contribution in [0.1, 0.15) is 25.0 Å². The third-order valence-corrected chi connectivity index (χ3v) is 3.46. The number of aryl methyl sites for hydroxylation is 2. The minimum atomic E-state index is -0.250. The Morgan fingerprint density at radius 1 is 1.36 bits per heavy atom. The second-order valence-electron chi connectivity index (χ2n) is 5.26. The van der Waals surface area contributed by atoms with Gasteiger partial charge in [-0.1, -0.05) is 6.92 Å². The molecule has 0 aliphatic rings. The van der Waals surface area contributed by atoms with Crippen molar-refractivity contribution >= 4 is 12.5 Å². The summed E-state index contributed by atoms with van der Waals surface area (Å²) in [5.74, 6) is 1.73. The predicted octanol–water partition coefficient (Wildman–Crippen LogP) is 0.414. The average molecular weight is 351 g/mol. The molecular weight excluding hydrogens is 326 g/mol. The third kappa shape index (κ3) is 6.61. The van der Waals surface area contributed by atoms with Crippen LogP contribution in [0, 0.1) is 0 Å². The summed E-state index contributed by atoms with van der Waals surface area (Å²) in [6, 6.07) is -0.0768. The summed E-state index contributed by atoms with van der Waals surface area (Å²) in [5, 5.41) is 13.8. The fourth-order valence-corrected chi connectivity index (χ4v) is 2.18. The first-order valence-electron chi connectivity index (χ1n) is 7.93. The van der Waals surface area contributed by atoms with Gasteiger partial charge in [-0.2, -0.15) is 5.10 Å².